The molecule has 1 fully saturated rings. The number of hydrogen-bond donors (Lipinski definition) is 1. The van der Waals surface area contributed by atoms with E-state index in [1.165, 1.54) is 5.56 Å². The Hall–Kier alpha value is -2.09. The lowest BCUT2D eigenvalue weighted by Crippen LogP contribution is -2.44. The zero-order valence-corrected chi connectivity index (χ0v) is 18.0. The monoisotopic (exact) mass is 430 g/mol. The smallest absolute Gasteiger partial charge is 0.217 e. The molecule has 6 nitrogen and oxygen atoms in total. The quantitative estimate of drug-likeness (QED) is 0.582. The molecule has 1 aliphatic heterocycles. The number of aliphatic hydroxyl groups is 1. The third-order valence-electron chi connectivity index (χ3n) is 5.92. The minimum atomic E-state index is -3.62. The van der Waals surface area contributed by atoms with Crippen molar-refractivity contribution in [2.24, 2.45) is 11.1 Å². The number of rotatable bonds is 10. The van der Waals surface area contributed by atoms with Crippen molar-refractivity contribution < 1.29 is 13.5 Å². The number of sulfonamides is 1. The molecule has 1 heterocycles. The Balaban J connectivity index is 1.62. The van der Waals surface area contributed by atoms with Crippen molar-refractivity contribution in [2.45, 2.75) is 50.0 Å². The summed E-state index contributed by atoms with van der Waals surface area (Å²) in [7, 11) is -3.62. The van der Waals surface area contributed by atoms with E-state index in [0.29, 0.717) is 31.8 Å². The van der Waals surface area contributed by atoms with Gasteiger partial charge in [0, 0.05) is 19.5 Å². The van der Waals surface area contributed by atoms with Crippen molar-refractivity contribution in [2.75, 3.05) is 13.1 Å². The largest absolute Gasteiger partial charge is 0.369 e. The standard InChI is InChI=1S/C23H30N2O4S/c26-23(24-27)18-22(12-11-19-7-3-1-4-8-19)30(28,29)25-15-13-21(14-16-25)17-20-9-5-2-6-10-20/h1-10,21-23,26H,11-18H2. The maximum atomic E-state index is 13.3. The van der Waals surface area contributed by atoms with Crippen LogP contribution in [0.1, 0.15) is 36.8 Å². The summed E-state index contributed by atoms with van der Waals surface area (Å²) in [4.78, 5) is 10.7. The number of nitroso groups, excluding NO2 is 1. The van der Waals surface area contributed by atoms with E-state index in [0.717, 1.165) is 24.8 Å². The lowest BCUT2D eigenvalue weighted by atomic mass is 9.91. The van der Waals surface area contributed by atoms with E-state index in [2.05, 4.69) is 17.3 Å². The molecule has 0 saturated carbocycles. The van der Waals surface area contributed by atoms with Crippen LogP contribution in [-0.4, -0.2) is 42.4 Å². The van der Waals surface area contributed by atoms with E-state index in [9.17, 15) is 18.4 Å². The lowest BCUT2D eigenvalue weighted by Gasteiger charge is -2.34. The highest BCUT2D eigenvalue weighted by Crippen LogP contribution is 2.27. The van der Waals surface area contributed by atoms with Gasteiger partial charge in [0.25, 0.3) is 0 Å². The minimum Gasteiger partial charge on any atom is -0.369 e. The van der Waals surface area contributed by atoms with Crippen molar-refractivity contribution in [3.63, 3.8) is 0 Å². The molecule has 0 bridgehead atoms. The Bertz CT molecular complexity index is 882. The van der Waals surface area contributed by atoms with Gasteiger partial charge in [-0.15, -0.1) is 4.91 Å². The van der Waals surface area contributed by atoms with E-state index in [-0.39, 0.29) is 6.42 Å². The van der Waals surface area contributed by atoms with Crippen molar-refractivity contribution in [3.05, 3.63) is 76.7 Å². The number of aliphatic hydroxyl groups excluding tert-OH is 1. The first-order chi connectivity index (χ1) is 14.5. The van der Waals surface area contributed by atoms with Crippen molar-refractivity contribution in [3.8, 4) is 0 Å². The topological polar surface area (TPSA) is 87.0 Å². The molecule has 2 atom stereocenters. The summed E-state index contributed by atoms with van der Waals surface area (Å²) < 4.78 is 28.1. The number of hydrogen-bond acceptors (Lipinski definition) is 5. The summed E-state index contributed by atoms with van der Waals surface area (Å²) in [6.07, 6.45) is 1.84. The van der Waals surface area contributed by atoms with Gasteiger partial charge in [0.1, 0.15) is 0 Å². The Labute approximate surface area is 179 Å². The Morgan fingerprint density at radius 3 is 2.10 bits per heavy atom. The Kier molecular flexibility index (Phi) is 8.13. The molecule has 0 amide bonds. The average molecular weight is 431 g/mol. The van der Waals surface area contributed by atoms with Crippen LogP contribution in [-0.2, 0) is 22.9 Å². The van der Waals surface area contributed by atoms with Gasteiger partial charge in [-0.3, -0.25) is 0 Å². The van der Waals surface area contributed by atoms with E-state index in [4.69, 9.17) is 0 Å². The van der Waals surface area contributed by atoms with E-state index in [1.54, 1.807) is 4.31 Å². The molecular formula is C23H30N2O4S. The van der Waals surface area contributed by atoms with Gasteiger partial charge >= 0.3 is 0 Å². The maximum Gasteiger partial charge on any atom is 0.217 e. The van der Waals surface area contributed by atoms with Crippen molar-refractivity contribution in [1.29, 1.82) is 0 Å². The normalized spacial score (nSPS) is 18.0. The van der Waals surface area contributed by atoms with Gasteiger partial charge in [-0.1, -0.05) is 60.7 Å². The highest BCUT2D eigenvalue weighted by Gasteiger charge is 2.35. The fourth-order valence-electron chi connectivity index (χ4n) is 4.17. The molecule has 7 heteroatoms. The van der Waals surface area contributed by atoms with E-state index >= 15 is 0 Å². The predicted octanol–water partition coefficient (Wildman–Crippen LogP) is 3.75. The minimum absolute atomic E-state index is 0.164. The van der Waals surface area contributed by atoms with Crippen LogP contribution in [0.4, 0.5) is 0 Å². The lowest BCUT2D eigenvalue weighted by molar-refractivity contribution is 0.168. The molecule has 1 aliphatic rings. The van der Waals surface area contributed by atoms with Gasteiger partial charge < -0.3 is 5.11 Å². The van der Waals surface area contributed by atoms with Gasteiger partial charge in [-0.05, 0) is 54.3 Å². The molecule has 0 aliphatic carbocycles. The average Bonchev–Trinajstić information content (AvgIpc) is 2.78. The fourth-order valence-corrected chi connectivity index (χ4v) is 6.14. The molecule has 30 heavy (non-hydrogen) atoms. The first-order valence-electron chi connectivity index (χ1n) is 10.6. The first-order valence-corrected chi connectivity index (χ1v) is 12.1. The van der Waals surface area contributed by atoms with Crippen LogP contribution in [0.2, 0.25) is 0 Å². The summed E-state index contributed by atoms with van der Waals surface area (Å²) in [6, 6.07) is 19.9. The van der Waals surface area contributed by atoms with Crippen molar-refractivity contribution >= 4 is 10.0 Å². The molecule has 2 unspecified atom stereocenters. The SMILES string of the molecule is O=NC(O)CC(CCc1ccccc1)S(=O)(=O)N1CCC(Cc2ccccc2)CC1. The Morgan fingerprint density at radius 1 is 0.967 bits per heavy atom. The molecule has 0 aromatic heterocycles. The summed E-state index contributed by atoms with van der Waals surface area (Å²) in [5, 5.41) is 11.5. The summed E-state index contributed by atoms with van der Waals surface area (Å²) >= 11 is 0. The second kappa shape index (κ2) is 10.8. The number of piperidine rings is 1. The third-order valence-corrected chi connectivity index (χ3v) is 8.27. The maximum absolute atomic E-state index is 13.3. The highest BCUT2D eigenvalue weighted by atomic mass is 32.2. The molecule has 1 N–H and O–H groups in total. The number of aryl methyl sites for hydroxylation is 1. The predicted molar refractivity (Wildman–Crippen MR) is 118 cm³/mol. The molecule has 0 radical (unpaired) electrons. The van der Waals surface area contributed by atoms with Gasteiger partial charge in [0.15, 0.2) is 6.23 Å². The number of benzene rings is 2. The second-order valence-corrected chi connectivity index (χ2v) is 10.3. The number of nitrogens with zero attached hydrogens (tertiary/aromatic N) is 2. The van der Waals surface area contributed by atoms with Crippen LogP contribution in [0.5, 0.6) is 0 Å². The molecule has 2 aromatic carbocycles. The zero-order chi connectivity index (χ0) is 21.4. The van der Waals surface area contributed by atoms with Gasteiger partial charge in [0.05, 0.1) is 5.25 Å². The van der Waals surface area contributed by atoms with Crippen LogP contribution in [0.25, 0.3) is 0 Å². The zero-order valence-electron chi connectivity index (χ0n) is 17.1. The highest BCUT2D eigenvalue weighted by molar-refractivity contribution is 7.89. The van der Waals surface area contributed by atoms with Gasteiger partial charge in [-0.2, -0.15) is 0 Å². The third kappa shape index (κ3) is 6.20. The van der Waals surface area contributed by atoms with Crippen LogP contribution >= 0.6 is 0 Å². The van der Waals surface area contributed by atoms with Crippen LogP contribution in [0.15, 0.2) is 65.8 Å². The molecule has 0 spiro atoms. The van der Waals surface area contributed by atoms with E-state index < -0.39 is 21.5 Å². The van der Waals surface area contributed by atoms with Crippen LogP contribution in [0.3, 0.4) is 0 Å². The molecule has 2 aromatic rings. The second-order valence-electron chi connectivity index (χ2n) is 8.05. The fraction of sp³-hybridized carbons (Fsp3) is 0.478. The van der Waals surface area contributed by atoms with Gasteiger partial charge in [-0.25, -0.2) is 12.7 Å². The van der Waals surface area contributed by atoms with Crippen LogP contribution in [0, 0.1) is 10.8 Å². The summed E-state index contributed by atoms with van der Waals surface area (Å²) in [6.45, 7) is 0.957. The molecule has 1 saturated heterocycles. The van der Waals surface area contributed by atoms with Crippen molar-refractivity contribution in [1.82, 2.24) is 4.31 Å². The van der Waals surface area contributed by atoms with Gasteiger partial charge in [0.2, 0.25) is 10.0 Å². The molecule has 3 rings (SSSR count). The molecule has 162 valence electrons. The summed E-state index contributed by atoms with van der Waals surface area (Å²) in [5.74, 6) is 0.462. The Morgan fingerprint density at radius 2 is 1.53 bits per heavy atom. The first kappa shape index (κ1) is 22.6. The van der Waals surface area contributed by atoms with E-state index in [1.807, 2.05) is 48.5 Å². The van der Waals surface area contributed by atoms with Crippen LogP contribution < -0.4 is 0 Å². The molecular weight excluding hydrogens is 400 g/mol. The summed E-state index contributed by atoms with van der Waals surface area (Å²) in [5.41, 5.74) is 2.31.